The molecule has 3 aromatic rings. The molecule has 1 fully saturated rings. The maximum Gasteiger partial charge on any atom is 0.419 e. The third-order valence-corrected chi connectivity index (χ3v) is 6.66. The van der Waals surface area contributed by atoms with Crippen molar-refractivity contribution in [1.29, 1.82) is 0 Å². The molecule has 1 aliphatic heterocycles. The Morgan fingerprint density at radius 1 is 1.00 bits per heavy atom. The fourth-order valence-corrected chi connectivity index (χ4v) is 4.79. The summed E-state index contributed by atoms with van der Waals surface area (Å²) in [5, 5.41) is 2.97. The van der Waals surface area contributed by atoms with E-state index >= 15 is 0 Å². The zero-order valence-corrected chi connectivity index (χ0v) is 23.7. The molecule has 3 N–H and O–H groups in total. The SMILES string of the molecule is CC(C)(C)OC(=O)N1CCCCC1c1ccc(Nc2ncc(C(F)(F)F)c(CCc3nccnc3CC(N)=O)n2)cc1. The van der Waals surface area contributed by atoms with Gasteiger partial charge in [0.25, 0.3) is 0 Å². The summed E-state index contributed by atoms with van der Waals surface area (Å²) in [5.41, 5.74) is 5.67. The van der Waals surface area contributed by atoms with Crippen LogP contribution in [0.2, 0.25) is 0 Å². The number of nitrogens with one attached hydrogen (secondary N) is 1. The number of nitrogens with two attached hydrogens (primary N) is 1. The van der Waals surface area contributed by atoms with E-state index in [4.69, 9.17) is 10.5 Å². The number of piperidine rings is 1. The number of rotatable bonds is 8. The zero-order valence-electron chi connectivity index (χ0n) is 23.7. The minimum Gasteiger partial charge on any atom is -0.444 e. The van der Waals surface area contributed by atoms with Gasteiger partial charge in [-0.05, 0) is 70.6 Å². The number of halogens is 3. The smallest absolute Gasteiger partial charge is 0.419 e. The summed E-state index contributed by atoms with van der Waals surface area (Å²) in [6.45, 7) is 6.09. The van der Waals surface area contributed by atoms with Crippen molar-refractivity contribution in [2.45, 2.75) is 77.1 Å². The van der Waals surface area contributed by atoms with E-state index in [2.05, 4.69) is 25.3 Å². The summed E-state index contributed by atoms with van der Waals surface area (Å²) >= 11 is 0. The van der Waals surface area contributed by atoms with E-state index in [9.17, 15) is 22.8 Å². The molecule has 42 heavy (non-hydrogen) atoms. The molecule has 13 heteroatoms. The van der Waals surface area contributed by atoms with Crippen molar-refractivity contribution >= 4 is 23.6 Å². The van der Waals surface area contributed by atoms with Crippen molar-refractivity contribution < 1.29 is 27.5 Å². The average molecular weight is 586 g/mol. The number of benzene rings is 1. The number of nitrogens with zero attached hydrogens (tertiary/aromatic N) is 5. The van der Waals surface area contributed by atoms with Gasteiger partial charge in [0.15, 0.2) is 0 Å². The van der Waals surface area contributed by atoms with Crippen LogP contribution >= 0.6 is 0 Å². The molecule has 1 atom stereocenters. The predicted molar refractivity (Wildman–Crippen MR) is 149 cm³/mol. The molecule has 0 radical (unpaired) electrons. The van der Waals surface area contributed by atoms with Gasteiger partial charge in [0.2, 0.25) is 11.9 Å². The Morgan fingerprint density at radius 2 is 1.67 bits per heavy atom. The van der Waals surface area contributed by atoms with E-state index in [-0.39, 0.29) is 43.0 Å². The lowest BCUT2D eigenvalue weighted by Gasteiger charge is -2.37. The molecule has 2 amide bonds. The lowest BCUT2D eigenvalue weighted by molar-refractivity contribution is -0.138. The highest BCUT2D eigenvalue weighted by molar-refractivity contribution is 5.76. The normalized spacial score (nSPS) is 15.8. The highest BCUT2D eigenvalue weighted by atomic mass is 19.4. The van der Waals surface area contributed by atoms with Crippen molar-refractivity contribution in [1.82, 2.24) is 24.8 Å². The number of aromatic nitrogens is 4. The van der Waals surface area contributed by atoms with Crippen LogP contribution in [0.15, 0.2) is 42.9 Å². The van der Waals surface area contributed by atoms with Gasteiger partial charge in [-0.1, -0.05) is 12.1 Å². The lowest BCUT2D eigenvalue weighted by atomic mass is 9.95. The van der Waals surface area contributed by atoms with E-state index in [0.29, 0.717) is 23.6 Å². The van der Waals surface area contributed by atoms with Gasteiger partial charge in [0.05, 0.1) is 35.1 Å². The number of primary amides is 1. The molecule has 2 aromatic heterocycles. The van der Waals surface area contributed by atoms with Crippen LogP contribution in [0.1, 0.15) is 74.3 Å². The molecule has 0 spiro atoms. The summed E-state index contributed by atoms with van der Waals surface area (Å²) in [6.07, 6.45) is 0.987. The Labute approximate surface area is 241 Å². The molecule has 0 bridgehead atoms. The standard InChI is InChI=1S/C29H34F3N7O3/c1-28(2,3)42-27(41)39-15-5-4-6-24(39)18-7-9-19(10-8-18)37-26-36-17-20(29(30,31)32)21(38-26)11-12-22-23(16-25(33)40)35-14-13-34-22/h7-10,13-14,17,24H,4-6,11-12,15-16H2,1-3H3,(H2,33,40)(H,36,37,38). The maximum atomic E-state index is 13.8. The minimum atomic E-state index is -4.66. The Kier molecular flexibility index (Phi) is 9.27. The molecule has 1 unspecified atom stereocenters. The van der Waals surface area contributed by atoms with Crippen LogP contribution in [0.4, 0.5) is 29.6 Å². The number of carbonyl (C=O) groups excluding carboxylic acids is 2. The molecule has 10 nitrogen and oxygen atoms in total. The van der Waals surface area contributed by atoms with Crippen LogP contribution in [-0.2, 0) is 35.0 Å². The van der Waals surface area contributed by atoms with Crippen molar-refractivity contribution in [2.24, 2.45) is 5.73 Å². The Hall–Kier alpha value is -4.29. The number of hydrogen-bond donors (Lipinski definition) is 2. The van der Waals surface area contributed by atoms with Crippen molar-refractivity contribution in [3.63, 3.8) is 0 Å². The summed E-state index contributed by atoms with van der Waals surface area (Å²) in [6, 6.07) is 7.14. The van der Waals surface area contributed by atoms with E-state index in [1.54, 1.807) is 17.0 Å². The highest BCUT2D eigenvalue weighted by Crippen LogP contribution is 2.34. The topological polar surface area (TPSA) is 136 Å². The number of amides is 2. The van der Waals surface area contributed by atoms with Crippen LogP contribution in [0.3, 0.4) is 0 Å². The van der Waals surface area contributed by atoms with Gasteiger partial charge in [-0.2, -0.15) is 13.2 Å². The molecule has 1 saturated heterocycles. The van der Waals surface area contributed by atoms with Crippen LogP contribution in [0.5, 0.6) is 0 Å². The maximum absolute atomic E-state index is 13.8. The van der Waals surface area contributed by atoms with Crippen molar-refractivity contribution in [3.8, 4) is 0 Å². The second-order valence-electron chi connectivity index (χ2n) is 11.1. The molecule has 0 saturated carbocycles. The number of ether oxygens (including phenoxy) is 1. The highest BCUT2D eigenvalue weighted by Gasteiger charge is 2.35. The van der Waals surface area contributed by atoms with Crippen LogP contribution in [0, 0.1) is 0 Å². The first kappa shape index (κ1) is 30.7. The third-order valence-electron chi connectivity index (χ3n) is 6.66. The number of alkyl halides is 3. The molecule has 224 valence electrons. The third kappa shape index (κ3) is 8.14. The Morgan fingerprint density at radius 3 is 2.31 bits per heavy atom. The second kappa shape index (κ2) is 12.7. The van der Waals surface area contributed by atoms with E-state index in [1.165, 1.54) is 12.4 Å². The molecule has 0 aliphatic carbocycles. The predicted octanol–water partition coefficient (Wildman–Crippen LogP) is 5.30. The quantitative estimate of drug-likeness (QED) is 0.363. The van der Waals surface area contributed by atoms with Gasteiger partial charge in [0, 0.05) is 30.8 Å². The fourth-order valence-electron chi connectivity index (χ4n) is 4.79. The van der Waals surface area contributed by atoms with Crippen molar-refractivity contribution in [3.05, 3.63) is 71.1 Å². The summed E-state index contributed by atoms with van der Waals surface area (Å²) < 4.78 is 46.9. The molecule has 1 aliphatic rings. The van der Waals surface area contributed by atoms with E-state index in [1.807, 2.05) is 32.9 Å². The number of hydrogen-bond acceptors (Lipinski definition) is 8. The van der Waals surface area contributed by atoms with Gasteiger partial charge in [-0.15, -0.1) is 0 Å². The number of aryl methyl sites for hydroxylation is 2. The Bertz CT molecular complexity index is 1410. The van der Waals surface area contributed by atoms with Gasteiger partial charge in [-0.25, -0.2) is 14.8 Å². The van der Waals surface area contributed by atoms with E-state index in [0.717, 1.165) is 31.0 Å². The summed E-state index contributed by atoms with van der Waals surface area (Å²) in [7, 11) is 0. The Balaban J connectivity index is 1.51. The minimum absolute atomic E-state index is 0.00435. The zero-order chi connectivity index (χ0) is 30.5. The number of anilines is 2. The molecular weight excluding hydrogens is 551 g/mol. The number of carbonyl (C=O) groups is 2. The van der Waals surface area contributed by atoms with Crippen LogP contribution < -0.4 is 11.1 Å². The molecule has 1 aromatic carbocycles. The van der Waals surface area contributed by atoms with Crippen LogP contribution in [-0.4, -0.2) is 49.0 Å². The molecule has 3 heterocycles. The average Bonchev–Trinajstić information content (AvgIpc) is 2.91. The lowest BCUT2D eigenvalue weighted by Crippen LogP contribution is -2.41. The molecule has 4 rings (SSSR count). The van der Waals surface area contributed by atoms with Gasteiger partial charge in [0.1, 0.15) is 5.60 Å². The summed E-state index contributed by atoms with van der Waals surface area (Å²) in [4.78, 5) is 42.2. The summed E-state index contributed by atoms with van der Waals surface area (Å²) in [5.74, 6) is -0.622. The first-order chi connectivity index (χ1) is 19.8. The molecular formula is C29H34F3N7O3. The van der Waals surface area contributed by atoms with Crippen LogP contribution in [0.25, 0.3) is 0 Å². The monoisotopic (exact) mass is 585 g/mol. The van der Waals surface area contributed by atoms with Gasteiger partial charge in [-0.3, -0.25) is 14.8 Å². The van der Waals surface area contributed by atoms with Gasteiger partial charge < -0.3 is 20.7 Å². The second-order valence-corrected chi connectivity index (χ2v) is 11.1. The number of likely N-dealkylation sites (tertiary alicyclic amines) is 1. The largest absolute Gasteiger partial charge is 0.444 e. The first-order valence-electron chi connectivity index (χ1n) is 13.7. The fraction of sp³-hybridized carbons (Fsp3) is 0.448. The first-order valence-corrected chi connectivity index (χ1v) is 13.7. The van der Waals surface area contributed by atoms with Crippen molar-refractivity contribution in [2.75, 3.05) is 11.9 Å². The van der Waals surface area contributed by atoms with E-state index < -0.39 is 23.2 Å². The van der Waals surface area contributed by atoms with Gasteiger partial charge >= 0.3 is 12.3 Å².